The lowest BCUT2D eigenvalue weighted by Gasteiger charge is -2.07. The van der Waals surface area contributed by atoms with Gasteiger partial charge in [0.05, 0.1) is 7.11 Å². The van der Waals surface area contributed by atoms with E-state index in [9.17, 15) is 9.59 Å². The van der Waals surface area contributed by atoms with Crippen LogP contribution in [0.4, 0.5) is 0 Å². The largest absolute Gasteiger partial charge is 0.496 e. The summed E-state index contributed by atoms with van der Waals surface area (Å²) >= 11 is 0. The molecule has 2 aromatic rings. The zero-order valence-electron chi connectivity index (χ0n) is 11.1. The number of carboxylic acid groups (broad SMARTS) is 1. The minimum Gasteiger partial charge on any atom is -0.496 e. The summed E-state index contributed by atoms with van der Waals surface area (Å²) in [6.07, 6.45) is 0.348. The fourth-order valence-electron chi connectivity index (χ4n) is 1.95. The van der Waals surface area contributed by atoms with Crippen molar-refractivity contribution < 1.29 is 14.6 Å². The number of hydrogen-bond acceptors (Lipinski definition) is 4. The second kappa shape index (κ2) is 5.56. The van der Waals surface area contributed by atoms with Crippen LogP contribution in [0.2, 0.25) is 0 Å². The molecule has 2 rings (SSSR count). The number of benzene rings is 1. The third-order valence-corrected chi connectivity index (χ3v) is 2.84. The molecule has 0 amide bonds. The summed E-state index contributed by atoms with van der Waals surface area (Å²) in [7, 11) is 1.59. The lowest BCUT2D eigenvalue weighted by molar-refractivity contribution is 0.0689. The number of ether oxygens (including phenoxy) is 1. The predicted octanol–water partition coefficient (Wildman–Crippen LogP) is 1.38. The Morgan fingerprint density at radius 3 is 2.75 bits per heavy atom. The fraction of sp³-hybridized carbons (Fsp3) is 0.214. The van der Waals surface area contributed by atoms with Crippen molar-refractivity contribution in [3.05, 3.63) is 57.3 Å². The Hall–Kier alpha value is -2.63. The van der Waals surface area contributed by atoms with E-state index in [4.69, 9.17) is 9.84 Å². The first-order chi connectivity index (χ1) is 9.49. The van der Waals surface area contributed by atoms with Crippen molar-refractivity contribution in [3.8, 4) is 5.75 Å². The van der Waals surface area contributed by atoms with Gasteiger partial charge in [-0.1, -0.05) is 12.1 Å². The predicted molar refractivity (Wildman–Crippen MR) is 72.4 cm³/mol. The molecular weight excluding hydrogens is 260 g/mol. The van der Waals surface area contributed by atoms with Gasteiger partial charge >= 0.3 is 5.97 Å². The van der Waals surface area contributed by atoms with Crippen LogP contribution in [0.1, 0.15) is 27.4 Å². The van der Waals surface area contributed by atoms with Crippen LogP contribution in [0, 0.1) is 6.92 Å². The molecule has 1 heterocycles. The number of hydrogen-bond donors (Lipinski definition) is 2. The average Bonchev–Trinajstić information content (AvgIpc) is 2.38. The summed E-state index contributed by atoms with van der Waals surface area (Å²) in [5.74, 6) is -0.128. The Kier molecular flexibility index (Phi) is 3.84. The summed E-state index contributed by atoms with van der Waals surface area (Å²) in [6.45, 7) is 1.91. The van der Waals surface area contributed by atoms with E-state index in [0.29, 0.717) is 12.2 Å². The molecule has 0 fully saturated rings. The molecular formula is C14H14N2O4. The Morgan fingerprint density at radius 1 is 1.40 bits per heavy atom. The van der Waals surface area contributed by atoms with E-state index in [1.54, 1.807) is 7.11 Å². The van der Waals surface area contributed by atoms with Crippen LogP contribution in [0.15, 0.2) is 29.1 Å². The highest BCUT2D eigenvalue weighted by atomic mass is 16.5. The fourth-order valence-corrected chi connectivity index (χ4v) is 1.95. The number of aromatic amines is 1. The molecule has 0 saturated heterocycles. The summed E-state index contributed by atoms with van der Waals surface area (Å²) in [5, 5.41) is 8.88. The van der Waals surface area contributed by atoms with Crippen LogP contribution in [0.3, 0.4) is 0 Å². The standard InChI is InChI=1S/C14H14N2O4/c1-8-5-9(3-4-11(8)20-2)6-12-15-10(14(18)19)7-13(17)16-12/h3-5,7H,6H2,1-2H3,(H,18,19)(H,15,16,17). The minimum absolute atomic E-state index is 0.256. The Morgan fingerprint density at radius 2 is 2.15 bits per heavy atom. The van der Waals surface area contributed by atoms with Crippen molar-refractivity contribution in [3.63, 3.8) is 0 Å². The van der Waals surface area contributed by atoms with E-state index in [1.165, 1.54) is 0 Å². The highest BCUT2D eigenvalue weighted by Gasteiger charge is 2.09. The smallest absolute Gasteiger partial charge is 0.354 e. The molecule has 1 aromatic carbocycles. The Bertz CT molecular complexity index is 707. The summed E-state index contributed by atoms with van der Waals surface area (Å²) in [6, 6.07) is 6.54. The van der Waals surface area contributed by atoms with Gasteiger partial charge in [0.25, 0.3) is 5.56 Å². The van der Waals surface area contributed by atoms with Gasteiger partial charge in [-0.2, -0.15) is 0 Å². The minimum atomic E-state index is -1.22. The zero-order chi connectivity index (χ0) is 14.7. The number of nitrogens with one attached hydrogen (secondary N) is 1. The lowest BCUT2D eigenvalue weighted by atomic mass is 10.1. The van der Waals surface area contributed by atoms with Gasteiger partial charge in [-0.3, -0.25) is 4.79 Å². The summed E-state index contributed by atoms with van der Waals surface area (Å²) in [5.41, 5.74) is 1.14. The molecule has 0 aliphatic carbocycles. The number of aromatic carboxylic acids is 1. The van der Waals surface area contributed by atoms with Crippen molar-refractivity contribution in [1.29, 1.82) is 0 Å². The van der Waals surface area contributed by atoms with E-state index in [1.807, 2.05) is 25.1 Å². The Labute approximate surface area is 115 Å². The van der Waals surface area contributed by atoms with Crippen molar-refractivity contribution >= 4 is 5.97 Å². The third-order valence-electron chi connectivity index (χ3n) is 2.84. The molecule has 0 aliphatic rings. The zero-order valence-corrected chi connectivity index (χ0v) is 11.1. The van der Waals surface area contributed by atoms with Gasteiger partial charge in [0.15, 0.2) is 5.69 Å². The van der Waals surface area contributed by atoms with Crippen molar-refractivity contribution in [1.82, 2.24) is 9.97 Å². The van der Waals surface area contributed by atoms with Gasteiger partial charge in [0.1, 0.15) is 11.6 Å². The van der Waals surface area contributed by atoms with Gasteiger partial charge in [-0.15, -0.1) is 0 Å². The molecule has 0 radical (unpaired) electrons. The molecule has 0 bridgehead atoms. The highest BCUT2D eigenvalue weighted by Crippen LogP contribution is 2.19. The van der Waals surface area contributed by atoms with Crippen LogP contribution in [-0.2, 0) is 6.42 Å². The number of carboxylic acids is 1. The first-order valence-corrected chi connectivity index (χ1v) is 5.96. The van der Waals surface area contributed by atoms with Gasteiger partial charge in [-0.25, -0.2) is 9.78 Å². The third kappa shape index (κ3) is 3.03. The molecule has 1 aromatic heterocycles. The van der Waals surface area contributed by atoms with E-state index < -0.39 is 11.5 Å². The maximum atomic E-state index is 11.4. The first kappa shape index (κ1) is 13.8. The molecule has 0 spiro atoms. The number of aromatic nitrogens is 2. The summed E-state index contributed by atoms with van der Waals surface area (Å²) < 4.78 is 5.17. The van der Waals surface area contributed by atoms with Crippen LogP contribution < -0.4 is 10.3 Å². The molecule has 0 unspecified atom stereocenters. The maximum Gasteiger partial charge on any atom is 0.354 e. The molecule has 0 aliphatic heterocycles. The van der Waals surface area contributed by atoms with Gasteiger partial charge in [0.2, 0.25) is 0 Å². The van der Waals surface area contributed by atoms with Crippen LogP contribution >= 0.6 is 0 Å². The SMILES string of the molecule is COc1ccc(Cc2nc(C(=O)O)cc(=O)[nH]2)cc1C. The van der Waals surface area contributed by atoms with Gasteiger partial charge < -0.3 is 14.8 Å². The highest BCUT2D eigenvalue weighted by molar-refractivity contribution is 5.85. The van der Waals surface area contributed by atoms with E-state index in [2.05, 4.69) is 9.97 Å². The molecule has 6 nitrogen and oxygen atoms in total. The second-order valence-electron chi connectivity index (χ2n) is 4.36. The van der Waals surface area contributed by atoms with Gasteiger partial charge in [0, 0.05) is 12.5 Å². The second-order valence-corrected chi connectivity index (χ2v) is 4.36. The lowest BCUT2D eigenvalue weighted by Crippen LogP contribution is -2.15. The first-order valence-electron chi connectivity index (χ1n) is 5.96. The van der Waals surface area contributed by atoms with Crippen molar-refractivity contribution in [2.45, 2.75) is 13.3 Å². The average molecular weight is 274 g/mol. The monoisotopic (exact) mass is 274 g/mol. The maximum absolute atomic E-state index is 11.4. The van der Waals surface area contributed by atoms with Crippen LogP contribution in [-0.4, -0.2) is 28.2 Å². The van der Waals surface area contributed by atoms with E-state index in [0.717, 1.165) is 22.9 Å². The number of rotatable bonds is 4. The summed E-state index contributed by atoms with van der Waals surface area (Å²) in [4.78, 5) is 28.7. The Balaban J connectivity index is 2.32. The van der Waals surface area contributed by atoms with Crippen LogP contribution in [0.25, 0.3) is 0 Å². The normalized spacial score (nSPS) is 10.3. The quantitative estimate of drug-likeness (QED) is 0.878. The molecule has 20 heavy (non-hydrogen) atoms. The van der Waals surface area contributed by atoms with E-state index in [-0.39, 0.29) is 5.69 Å². The number of carbonyl (C=O) groups is 1. The number of methoxy groups -OCH3 is 1. The number of nitrogens with zero attached hydrogens (tertiary/aromatic N) is 1. The molecule has 0 atom stereocenters. The van der Waals surface area contributed by atoms with Crippen LogP contribution in [0.5, 0.6) is 5.75 Å². The van der Waals surface area contributed by atoms with E-state index >= 15 is 0 Å². The molecule has 104 valence electrons. The van der Waals surface area contributed by atoms with Crippen molar-refractivity contribution in [2.75, 3.05) is 7.11 Å². The molecule has 6 heteroatoms. The topological polar surface area (TPSA) is 92.3 Å². The van der Waals surface area contributed by atoms with Crippen molar-refractivity contribution in [2.24, 2.45) is 0 Å². The molecule has 0 saturated carbocycles. The van der Waals surface area contributed by atoms with Gasteiger partial charge in [-0.05, 0) is 24.1 Å². The molecule has 2 N–H and O–H groups in total. The number of H-pyrrole nitrogens is 1. The number of aryl methyl sites for hydroxylation is 1.